The van der Waals surface area contributed by atoms with Crippen LogP contribution >= 0.6 is 0 Å². The molecule has 0 fully saturated rings. The quantitative estimate of drug-likeness (QED) is 0.602. The molecule has 1 atom stereocenters. The molecule has 0 bridgehead atoms. The van der Waals surface area contributed by atoms with E-state index >= 15 is 0 Å². The fraction of sp³-hybridized carbons (Fsp3) is 0.368. The third-order valence-electron chi connectivity index (χ3n) is 4.08. The molecule has 1 aromatic rings. The molecule has 22 heavy (non-hydrogen) atoms. The van der Waals surface area contributed by atoms with Crippen molar-refractivity contribution < 1.29 is 27.7 Å². The molecule has 2 aliphatic carbocycles. The van der Waals surface area contributed by atoms with E-state index in [0.29, 0.717) is 5.92 Å². The second kappa shape index (κ2) is 6.95. The number of hydrogen-bond donors (Lipinski definition) is 0. The molecule has 0 aromatic heterocycles. The molecular formula is C19H24OSiZr. The molecule has 1 unspecified atom stereocenters. The van der Waals surface area contributed by atoms with Gasteiger partial charge in [0.15, 0.2) is 0 Å². The molecule has 0 aliphatic heterocycles. The molecule has 3 rings (SSSR count). The van der Waals surface area contributed by atoms with Crippen LogP contribution in [-0.2, 0) is 27.7 Å². The standard InChI is InChI=1S/C14H19OSi.C5H5.Zr/c1-16(2,3)15-11-10-13-9-8-12-6-4-5-7-14(12)13;1-2-4-5-3-1;/h4-8,13H,10-11H2,1-3H3;1-3H,4H2;. The van der Waals surface area contributed by atoms with Crippen molar-refractivity contribution in [2.24, 2.45) is 0 Å². The Morgan fingerprint density at radius 3 is 2.77 bits per heavy atom. The number of hydrogen-bond acceptors (Lipinski definition) is 1. The van der Waals surface area contributed by atoms with E-state index in [1.165, 1.54) is 17.5 Å². The van der Waals surface area contributed by atoms with Crippen molar-refractivity contribution >= 4 is 14.4 Å². The average molecular weight is 388 g/mol. The van der Waals surface area contributed by atoms with E-state index in [4.69, 9.17) is 4.43 Å². The van der Waals surface area contributed by atoms with Gasteiger partial charge < -0.3 is 0 Å². The van der Waals surface area contributed by atoms with Crippen LogP contribution in [0, 0.1) is 0 Å². The summed E-state index contributed by atoms with van der Waals surface area (Å²) in [5.74, 6) is 0.612. The molecule has 0 spiro atoms. The molecule has 0 radical (unpaired) electrons. The predicted molar refractivity (Wildman–Crippen MR) is 92.9 cm³/mol. The summed E-state index contributed by atoms with van der Waals surface area (Å²) >= 11 is -0.608. The number of allylic oxidation sites excluding steroid dienone is 5. The zero-order valence-corrected chi connectivity index (χ0v) is 17.2. The van der Waals surface area contributed by atoms with Crippen LogP contribution in [0.25, 0.3) is 6.08 Å². The summed E-state index contributed by atoms with van der Waals surface area (Å²) in [4.78, 5) is 0. The SMILES string of the molecule is C[Si](C)(C)OCCC1[C]([Zr][C]2=CC=CC2)=Cc2ccccc21. The Morgan fingerprint density at radius 2 is 2.05 bits per heavy atom. The van der Waals surface area contributed by atoms with Crippen molar-refractivity contribution in [3.05, 3.63) is 60.2 Å². The summed E-state index contributed by atoms with van der Waals surface area (Å²) < 4.78 is 9.57. The van der Waals surface area contributed by atoms with Gasteiger partial charge in [-0.15, -0.1) is 0 Å². The average Bonchev–Trinajstić information content (AvgIpc) is 3.07. The fourth-order valence-corrected chi connectivity index (χ4v) is 7.39. The topological polar surface area (TPSA) is 9.23 Å². The second-order valence-corrected chi connectivity index (χ2v) is 15.1. The monoisotopic (exact) mass is 386 g/mol. The summed E-state index contributed by atoms with van der Waals surface area (Å²) in [6, 6.07) is 8.94. The zero-order valence-electron chi connectivity index (χ0n) is 13.7. The molecule has 0 saturated heterocycles. The van der Waals surface area contributed by atoms with Crippen molar-refractivity contribution in [2.75, 3.05) is 6.61 Å². The first-order chi connectivity index (χ1) is 10.5. The van der Waals surface area contributed by atoms with Crippen molar-refractivity contribution in [2.45, 2.75) is 38.4 Å². The Morgan fingerprint density at radius 1 is 1.23 bits per heavy atom. The molecule has 1 aromatic carbocycles. The summed E-state index contributed by atoms with van der Waals surface area (Å²) in [5.41, 5.74) is 2.98. The van der Waals surface area contributed by atoms with Gasteiger partial charge in [-0.1, -0.05) is 0 Å². The van der Waals surface area contributed by atoms with E-state index in [9.17, 15) is 0 Å². The van der Waals surface area contributed by atoms with Gasteiger partial charge in [0, 0.05) is 0 Å². The van der Waals surface area contributed by atoms with Crippen LogP contribution in [0.5, 0.6) is 0 Å². The molecular weight excluding hydrogens is 364 g/mol. The first kappa shape index (κ1) is 16.4. The third-order valence-corrected chi connectivity index (χ3v) is 8.77. The molecule has 0 heterocycles. The van der Waals surface area contributed by atoms with E-state index < -0.39 is 31.6 Å². The number of benzene rings is 1. The van der Waals surface area contributed by atoms with Crippen LogP contribution in [0.4, 0.5) is 0 Å². The van der Waals surface area contributed by atoms with Gasteiger partial charge in [0.2, 0.25) is 0 Å². The molecule has 3 heteroatoms. The number of fused-ring (bicyclic) bond motifs is 1. The minimum atomic E-state index is -1.41. The maximum absolute atomic E-state index is 6.13. The summed E-state index contributed by atoms with van der Waals surface area (Å²) in [6.07, 6.45) is 11.7. The van der Waals surface area contributed by atoms with Crippen LogP contribution in [-0.4, -0.2) is 14.9 Å². The third kappa shape index (κ3) is 4.07. The van der Waals surface area contributed by atoms with Crippen LogP contribution in [0.15, 0.2) is 49.1 Å². The van der Waals surface area contributed by atoms with Crippen LogP contribution in [0.3, 0.4) is 0 Å². The summed E-state index contributed by atoms with van der Waals surface area (Å²) in [5, 5.41) is 0. The van der Waals surface area contributed by atoms with Crippen LogP contribution in [0.1, 0.15) is 29.9 Å². The predicted octanol–water partition coefficient (Wildman–Crippen LogP) is 5.29. The Kier molecular flexibility index (Phi) is 5.17. The zero-order chi connectivity index (χ0) is 15.6. The number of rotatable bonds is 6. The molecule has 114 valence electrons. The first-order valence-corrected chi connectivity index (χ1v) is 14.0. The Labute approximate surface area is 146 Å². The van der Waals surface area contributed by atoms with Crippen molar-refractivity contribution in [3.63, 3.8) is 0 Å². The van der Waals surface area contributed by atoms with Gasteiger partial charge in [-0.3, -0.25) is 0 Å². The van der Waals surface area contributed by atoms with Crippen LogP contribution < -0.4 is 0 Å². The maximum atomic E-state index is 6.13. The summed E-state index contributed by atoms with van der Waals surface area (Å²) in [7, 11) is -1.41. The van der Waals surface area contributed by atoms with Crippen LogP contribution in [0.2, 0.25) is 19.6 Å². The van der Waals surface area contributed by atoms with E-state index in [2.05, 4.69) is 68.2 Å². The van der Waals surface area contributed by atoms with Crippen molar-refractivity contribution in [3.8, 4) is 0 Å². The van der Waals surface area contributed by atoms with E-state index in [1.54, 1.807) is 6.56 Å². The molecule has 0 N–H and O–H groups in total. The van der Waals surface area contributed by atoms with Crippen molar-refractivity contribution in [1.82, 2.24) is 0 Å². The van der Waals surface area contributed by atoms with Gasteiger partial charge in [-0.25, -0.2) is 0 Å². The van der Waals surface area contributed by atoms with E-state index in [1.807, 2.05) is 0 Å². The van der Waals surface area contributed by atoms with E-state index in [0.717, 1.165) is 13.0 Å². The fourth-order valence-electron chi connectivity index (χ4n) is 3.04. The van der Waals surface area contributed by atoms with Gasteiger partial charge in [0.25, 0.3) is 0 Å². The molecule has 0 saturated carbocycles. The second-order valence-electron chi connectivity index (χ2n) is 6.98. The first-order valence-electron chi connectivity index (χ1n) is 8.10. The molecule has 2 aliphatic rings. The van der Waals surface area contributed by atoms with Gasteiger partial charge >= 0.3 is 147 Å². The van der Waals surface area contributed by atoms with Gasteiger partial charge in [0.1, 0.15) is 0 Å². The molecule has 0 amide bonds. The molecule has 1 nitrogen and oxygen atoms in total. The van der Waals surface area contributed by atoms with Crippen molar-refractivity contribution in [1.29, 1.82) is 0 Å². The van der Waals surface area contributed by atoms with E-state index in [-0.39, 0.29) is 0 Å². The normalized spacial score (nSPS) is 19.9. The Hall–Kier alpha value is -0.500. The van der Waals surface area contributed by atoms with Gasteiger partial charge in [-0.2, -0.15) is 0 Å². The van der Waals surface area contributed by atoms with Gasteiger partial charge in [-0.05, 0) is 0 Å². The summed E-state index contributed by atoms with van der Waals surface area (Å²) in [6.45, 7) is 7.73. The Bertz CT molecular complexity index is 637. The Balaban J connectivity index is 1.72. The van der Waals surface area contributed by atoms with Gasteiger partial charge in [0.05, 0.1) is 0 Å². The minimum absolute atomic E-state index is 0.608.